The van der Waals surface area contributed by atoms with Gasteiger partial charge in [0, 0.05) is 55.8 Å². The first kappa shape index (κ1) is 43.0. The number of anilines is 4. The lowest BCUT2D eigenvalue weighted by molar-refractivity contribution is -0.137. The predicted octanol–water partition coefficient (Wildman–Crippen LogP) is 2.90. The van der Waals surface area contributed by atoms with E-state index in [4.69, 9.17) is 19.2 Å². The quantitative estimate of drug-likeness (QED) is 0.0882. The highest BCUT2D eigenvalue weighted by Gasteiger charge is 2.42. The van der Waals surface area contributed by atoms with Crippen LogP contribution in [0.4, 0.5) is 23.1 Å². The Labute approximate surface area is 355 Å². The first-order valence-corrected chi connectivity index (χ1v) is 21.0. The SMILES string of the molecule is CC[C@@H]1C(=O)N(C)c2cnc(Nc3ccc(C(=O)NCCOCCOCCNCC#Cc4cccc5c4CN(C4CCC(=O)NC4=O)C5=O)cc3OC)nc2N1C1CCCC1. The zero-order valence-electron chi connectivity index (χ0n) is 34.9. The van der Waals surface area contributed by atoms with Crippen LogP contribution in [-0.2, 0) is 30.4 Å². The van der Waals surface area contributed by atoms with Crippen molar-refractivity contribution >= 4 is 52.7 Å². The summed E-state index contributed by atoms with van der Waals surface area (Å²) in [6.07, 6.45) is 7.21. The summed E-state index contributed by atoms with van der Waals surface area (Å²) >= 11 is 0. The Morgan fingerprint density at radius 1 is 1.00 bits per heavy atom. The van der Waals surface area contributed by atoms with E-state index in [0.29, 0.717) is 93.1 Å². The predicted molar refractivity (Wildman–Crippen MR) is 227 cm³/mol. The second kappa shape index (κ2) is 20.0. The minimum Gasteiger partial charge on any atom is -0.495 e. The van der Waals surface area contributed by atoms with Gasteiger partial charge in [0.2, 0.25) is 23.7 Å². The van der Waals surface area contributed by atoms with Crippen LogP contribution in [0, 0.1) is 11.8 Å². The van der Waals surface area contributed by atoms with Crippen molar-refractivity contribution in [2.45, 2.75) is 76.5 Å². The fourth-order valence-electron chi connectivity index (χ4n) is 8.30. The van der Waals surface area contributed by atoms with E-state index < -0.39 is 11.9 Å². The van der Waals surface area contributed by atoms with Gasteiger partial charge >= 0.3 is 0 Å². The van der Waals surface area contributed by atoms with E-state index >= 15 is 0 Å². The minimum atomic E-state index is -0.666. The lowest BCUT2D eigenvalue weighted by Gasteiger charge is -2.43. The summed E-state index contributed by atoms with van der Waals surface area (Å²) in [6.45, 7) is 5.15. The molecule has 4 N–H and O–H groups in total. The van der Waals surface area contributed by atoms with E-state index in [1.807, 2.05) is 13.0 Å². The molecule has 1 saturated heterocycles. The van der Waals surface area contributed by atoms with Crippen molar-refractivity contribution in [2.75, 3.05) is 75.3 Å². The number of likely N-dealkylation sites (N-methyl/N-ethyl adjacent to an activating group) is 1. The highest BCUT2D eigenvalue weighted by molar-refractivity contribution is 6.06. The summed E-state index contributed by atoms with van der Waals surface area (Å²) in [4.78, 5) is 77.9. The number of piperidine rings is 1. The van der Waals surface area contributed by atoms with Crippen LogP contribution in [0.25, 0.3) is 0 Å². The van der Waals surface area contributed by atoms with Crippen LogP contribution in [0.3, 0.4) is 0 Å². The Balaban J connectivity index is 0.791. The van der Waals surface area contributed by atoms with E-state index in [-0.39, 0.29) is 48.7 Å². The van der Waals surface area contributed by atoms with Gasteiger partial charge in [-0.15, -0.1) is 0 Å². The van der Waals surface area contributed by atoms with Gasteiger partial charge in [0.25, 0.3) is 11.8 Å². The molecule has 3 aliphatic heterocycles. The molecule has 1 saturated carbocycles. The molecule has 7 rings (SSSR count). The molecule has 2 fully saturated rings. The number of carbonyl (C=O) groups excluding carboxylic acids is 5. The smallest absolute Gasteiger partial charge is 0.255 e. The first-order chi connectivity index (χ1) is 29.7. The fourth-order valence-corrected chi connectivity index (χ4v) is 8.30. The van der Waals surface area contributed by atoms with Crippen LogP contribution in [0.15, 0.2) is 42.6 Å². The number of rotatable bonds is 17. The molecular formula is C44H53N9O8. The normalized spacial score (nSPS) is 18.7. The maximum atomic E-state index is 13.2. The molecule has 4 aliphatic rings. The largest absolute Gasteiger partial charge is 0.495 e. The fraction of sp³-hybridized carbons (Fsp3) is 0.477. The second-order valence-corrected chi connectivity index (χ2v) is 15.3. The third kappa shape index (κ3) is 9.77. The lowest BCUT2D eigenvalue weighted by atomic mass is 10.0. The summed E-state index contributed by atoms with van der Waals surface area (Å²) < 4.78 is 16.9. The number of aromatic nitrogens is 2. The second-order valence-electron chi connectivity index (χ2n) is 15.3. The number of imide groups is 1. The van der Waals surface area contributed by atoms with Gasteiger partial charge in [-0.05, 0) is 61.6 Å². The van der Waals surface area contributed by atoms with Gasteiger partial charge in [0.05, 0.1) is 52.0 Å². The number of ether oxygens (including phenoxy) is 3. The van der Waals surface area contributed by atoms with Crippen LogP contribution in [0.1, 0.15) is 83.7 Å². The standard InChI is InChI=1S/C44H53N9O8/c1-4-34-43(58)51(2)36-26-47-44(50-39(36)53(34)30-11-5-6-12-30)48-33-15-14-29(25-37(33)59-3)40(55)46-20-22-61-24-23-60-21-19-45-18-8-10-28-9-7-13-31-32(28)27-52(42(31)57)35-16-17-38(54)49-41(35)56/h7,9,13-15,25-26,30,34-35,45H,4-6,11-12,16-24,27H2,1-3H3,(H,46,55)(H,47,48,50)(H,49,54,56)/t34-,35?/m1/s1. The summed E-state index contributed by atoms with van der Waals surface area (Å²) in [5.74, 6) is 6.59. The molecule has 61 heavy (non-hydrogen) atoms. The molecule has 17 nitrogen and oxygen atoms in total. The maximum Gasteiger partial charge on any atom is 0.255 e. The van der Waals surface area contributed by atoms with Gasteiger partial charge in [0.15, 0.2) is 5.82 Å². The number of hydrogen-bond acceptors (Lipinski definition) is 13. The molecule has 5 amide bonds. The molecule has 1 aliphatic carbocycles. The van der Waals surface area contributed by atoms with Gasteiger partial charge in [-0.2, -0.15) is 4.98 Å². The average molecular weight is 836 g/mol. The third-order valence-electron chi connectivity index (χ3n) is 11.5. The Kier molecular flexibility index (Phi) is 14.1. The average Bonchev–Trinajstić information content (AvgIpc) is 3.92. The van der Waals surface area contributed by atoms with Crippen molar-refractivity contribution in [2.24, 2.45) is 0 Å². The number of benzene rings is 2. The summed E-state index contributed by atoms with van der Waals surface area (Å²) in [6, 6.07) is 9.81. The Morgan fingerprint density at radius 2 is 1.79 bits per heavy atom. The third-order valence-corrected chi connectivity index (χ3v) is 11.5. The zero-order chi connectivity index (χ0) is 42.9. The first-order valence-electron chi connectivity index (χ1n) is 21.0. The molecule has 0 radical (unpaired) electrons. The summed E-state index contributed by atoms with van der Waals surface area (Å²) in [5.41, 5.74) is 3.77. The number of fused-ring (bicyclic) bond motifs is 2. The number of amides is 5. The van der Waals surface area contributed by atoms with E-state index in [0.717, 1.165) is 42.6 Å². The molecule has 0 spiro atoms. The molecule has 4 heterocycles. The molecule has 3 aromatic rings. The number of nitrogens with zero attached hydrogens (tertiary/aromatic N) is 5. The van der Waals surface area contributed by atoms with E-state index in [9.17, 15) is 24.0 Å². The molecule has 2 aromatic carbocycles. The van der Waals surface area contributed by atoms with Crippen molar-refractivity contribution in [3.8, 4) is 17.6 Å². The Hall–Kier alpha value is -6.09. The highest BCUT2D eigenvalue weighted by Crippen LogP contribution is 2.40. The number of hydrogen-bond donors (Lipinski definition) is 4. The zero-order valence-corrected chi connectivity index (χ0v) is 34.9. The Morgan fingerprint density at radius 3 is 2.54 bits per heavy atom. The maximum absolute atomic E-state index is 13.2. The van der Waals surface area contributed by atoms with Gasteiger partial charge in [-0.1, -0.05) is 37.7 Å². The van der Waals surface area contributed by atoms with Crippen molar-refractivity contribution < 1.29 is 38.2 Å². The van der Waals surface area contributed by atoms with Gasteiger partial charge in [0.1, 0.15) is 23.5 Å². The molecule has 1 unspecified atom stereocenters. The molecular weight excluding hydrogens is 783 g/mol. The van der Waals surface area contributed by atoms with E-state index in [2.05, 4.69) is 43.0 Å². The number of methoxy groups -OCH3 is 1. The van der Waals surface area contributed by atoms with Gasteiger partial charge in [-0.25, -0.2) is 4.98 Å². The Bertz CT molecular complexity index is 2200. The van der Waals surface area contributed by atoms with Crippen molar-refractivity contribution in [3.63, 3.8) is 0 Å². The van der Waals surface area contributed by atoms with E-state index in [1.54, 1.807) is 48.5 Å². The van der Waals surface area contributed by atoms with Crippen LogP contribution in [0.5, 0.6) is 5.75 Å². The molecule has 17 heteroatoms. The van der Waals surface area contributed by atoms with Gasteiger partial charge < -0.3 is 44.9 Å². The van der Waals surface area contributed by atoms with Crippen molar-refractivity contribution in [3.05, 3.63) is 64.8 Å². The number of nitrogens with one attached hydrogen (secondary N) is 4. The van der Waals surface area contributed by atoms with Crippen LogP contribution in [0.2, 0.25) is 0 Å². The minimum absolute atomic E-state index is 0.0572. The van der Waals surface area contributed by atoms with Crippen molar-refractivity contribution in [1.29, 1.82) is 0 Å². The van der Waals surface area contributed by atoms with Gasteiger partial charge in [-0.3, -0.25) is 29.3 Å². The molecule has 1 aromatic heterocycles. The highest BCUT2D eigenvalue weighted by atomic mass is 16.5. The molecule has 322 valence electrons. The molecule has 0 bridgehead atoms. The monoisotopic (exact) mass is 835 g/mol. The summed E-state index contributed by atoms with van der Waals surface area (Å²) in [5, 5.41) is 11.7. The molecule has 2 atom stereocenters. The lowest BCUT2D eigenvalue weighted by Crippen LogP contribution is -2.55. The number of carbonyl (C=O) groups is 5. The van der Waals surface area contributed by atoms with Crippen LogP contribution in [-0.4, -0.2) is 123 Å². The topological polar surface area (TPSA) is 197 Å². The van der Waals surface area contributed by atoms with Crippen molar-refractivity contribution in [1.82, 2.24) is 30.8 Å². The van der Waals surface area contributed by atoms with Crippen LogP contribution < -0.4 is 35.8 Å². The van der Waals surface area contributed by atoms with E-state index in [1.165, 1.54) is 12.0 Å². The van der Waals surface area contributed by atoms with Crippen LogP contribution >= 0.6 is 0 Å². The summed E-state index contributed by atoms with van der Waals surface area (Å²) in [7, 11) is 3.31.